The number of para-hydroxylation sites is 1. The van der Waals surface area contributed by atoms with Crippen LogP contribution in [0.4, 0.5) is 5.00 Å². The van der Waals surface area contributed by atoms with Crippen LogP contribution in [0.1, 0.15) is 5.69 Å². The molecular weight excluding hydrogens is 288 g/mol. The number of benzene rings is 1. The molecule has 6 nitrogen and oxygen atoms in total. The molecule has 1 aromatic carbocycles. The summed E-state index contributed by atoms with van der Waals surface area (Å²) in [5.41, 5.74) is 8.14. The van der Waals surface area contributed by atoms with Gasteiger partial charge < -0.3 is 14.7 Å². The molecule has 21 heavy (non-hydrogen) atoms. The van der Waals surface area contributed by atoms with E-state index in [0.29, 0.717) is 28.0 Å². The van der Waals surface area contributed by atoms with E-state index in [0.717, 1.165) is 16.7 Å². The third-order valence-corrected chi connectivity index (χ3v) is 3.94. The lowest BCUT2D eigenvalue weighted by molar-refractivity contribution is 0.430. The van der Waals surface area contributed by atoms with E-state index in [-0.39, 0.29) is 0 Å². The van der Waals surface area contributed by atoms with E-state index in [1.807, 2.05) is 37.3 Å². The second-order valence-electron chi connectivity index (χ2n) is 4.58. The molecular formula is C14H10N4O2S. The number of nitrogen functional groups attached to an aromatic ring is 1. The Morgan fingerprint density at radius 3 is 2.86 bits per heavy atom. The first kappa shape index (κ1) is 12.1. The van der Waals surface area contributed by atoms with E-state index in [2.05, 4.69) is 14.5 Å². The van der Waals surface area contributed by atoms with Crippen LogP contribution in [0.25, 0.3) is 34.0 Å². The fraction of sp³-hybridized carbons (Fsp3) is 0.0714. The summed E-state index contributed by atoms with van der Waals surface area (Å²) in [5.74, 6) is 1.31. The molecule has 3 aromatic heterocycles. The van der Waals surface area contributed by atoms with Crippen molar-refractivity contribution < 1.29 is 8.94 Å². The lowest BCUT2D eigenvalue weighted by Crippen LogP contribution is -1.86. The molecule has 0 bridgehead atoms. The number of furan rings is 1. The van der Waals surface area contributed by atoms with Crippen LogP contribution in [0, 0.1) is 6.92 Å². The highest BCUT2D eigenvalue weighted by Crippen LogP contribution is 2.33. The van der Waals surface area contributed by atoms with Crippen LogP contribution in [-0.4, -0.2) is 14.5 Å². The molecule has 0 saturated heterocycles. The van der Waals surface area contributed by atoms with E-state index in [9.17, 15) is 0 Å². The van der Waals surface area contributed by atoms with E-state index in [4.69, 9.17) is 14.7 Å². The molecule has 0 aliphatic heterocycles. The largest absolute Gasteiger partial charge is 0.453 e. The maximum atomic E-state index is 5.89. The highest BCUT2D eigenvalue weighted by molar-refractivity contribution is 7.10. The first-order valence-corrected chi connectivity index (χ1v) is 7.04. The average Bonchev–Trinajstić information content (AvgIpc) is 3.17. The van der Waals surface area contributed by atoms with Gasteiger partial charge in [0.15, 0.2) is 5.76 Å². The highest BCUT2D eigenvalue weighted by atomic mass is 32.1. The van der Waals surface area contributed by atoms with Gasteiger partial charge in [-0.1, -0.05) is 23.4 Å². The Hall–Kier alpha value is -2.67. The number of nitrogens with zero attached hydrogens (tertiary/aromatic N) is 3. The summed E-state index contributed by atoms with van der Waals surface area (Å²) in [6.45, 7) is 1.85. The molecule has 0 aliphatic carbocycles. The number of rotatable bonds is 2. The Morgan fingerprint density at radius 1 is 1.24 bits per heavy atom. The first-order valence-electron chi connectivity index (χ1n) is 6.27. The van der Waals surface area contributed by atoms with E-state index < -0.39 is 0 Å². The summed E-state index contributed by atoms with van der Waals surface area (Å²) >= 11 is 1.21. The average molecular weight is 298 g/mol. The lowest BCUT2D eigenvalue weighted by atomic mass is 10.2. The fourth-order valence-electron chi connectivity index (χ4n) is 2.16. The van der Waals surface area contributed by atoms with Crippen LogP contribution in [0.2, 0.25) is 0 Å². The van der Waals surface area contributed by atoms with E-state index >= 15 is 0 Å². The minimum absolute atomic E-state index is 0.356. The zero-order valence-corrected chi connectivity index (χ0v) is 11.8. The third kappa shape index (κ3) is 1.90. The van der Waals surface area contributed by atoms with Gasteiger partial charge in [-0.2, -0.15) is 9.36 Å². The molecule has 0 unspecified atom stereocenters. The van der Waals surface area contributed by atoms with Crippen molar-refractivity contribution in [2.75, 3.05) is 5.73 Å². The van der Waals surface area contributed by atoms with Gasteiger partial charge in [0.1, 0.15) is 10.6 Å². The minimum Gasteiger partial charge on any atom is -0.453 e. The quantitative estimate of drug-likeness (QED) is 0.609. The Labute approximate surface area is 123 Å². The summed E-state index contributed by atoms with van der Waals surface area (Å²) in [6.07, 6.45) is 0. The topological polar surface area (TPSA) is 91.0 Å². The fourth-order valence-corrected chi connectivity index (χ4v) is 2.82. The molecule has 0 saturated carbocycles. The molecule has 0 atom stereocenters. The van der Waals surface area contributed by atoms with Gasteiger partial charge in [0.05, 0.1) is 11.3 Å². The van der Waals surface area contributed by atoms with Gasteiger partial charge in [-0.25, -0.2) is 0 Å². The SMILES string of the molecule is Cc1nsc(N)c1-c1nc(-c2cc3ccccc3o2)no1. The Balaban J connectivity index is 1.81. The van der Waals surface area contributed by atoms with Crippen molar-refractivity contribution >= 4 is 27.5 Å². The summed E-state index contributed by atoms with van der Waals surface area (Å²) < 4.78 is 15.2. The number of hydrogen-bond acceptors (Lipinski definition) is 7. The predicted octanol–water partition coefficient (Wildman–Crippen LogP) is 3.50. The number of aromatic nitrogens is 3. The van der Waals surface area contributed by atoms with Gasteiger partial charge in [0.2, 0.25) is 5.82 Å². The van der Waals surface area contributed by atoms with Crippen LogP contribution in [-0.2, 0) is 0 Å². The summed E-state index contributed by atoms with van der Waals surface area (Å²) in [4.78, 5) is 4.36. The van der Waals surface area contributed by atoms with Gasteiger partial charge in [0.25, 0.3) is 5.89 Å². The first-order chi connectivity index (χ1) is 10.2. The highest BCUT2D eigenvalue weighted by Gasteiger charge is 2.19. The molecule has 3 heterocycles. The van der Waals surface area contributed by atoms with Gasteiger partial charge in [-0.15, -0.1) is 0 Å². The van der Waals surface area contributed by atoms with Crippen molar-refractivity contribution in [2.24, 2.45) is 0 Å². The van der Waals surface area contributed by atoms with Gasteiger partial charge in [-0.05, 0) is 30.6 Å². The van der Waals surface area contributed by atoms with Crippen LogP contribution >= 0.6 is 11.5 Å². The standard InChI is InChI=1S/C14H10N4O2S/c1-7-11(12(15)21-18-7)14-16-13(17-20-14)10-6-8-4-2-3-5-9(8)19-10/h2-6H,15H2,1H3. The maximum absolute atomic E-state index is 5.89. The third-order valence-electron chi connectivity index (χ3n) is 3.17. The smallest absolute Gasteiger partial charge is 0.263 e. The van der Waals surface area contributed by atoms with Crippen molar-refractivity contribution in [3.63, 3.8) is 0 Å². The van der Waals surface area contributed by atoms with Crippen LogP contribution in [0.5, 0.6) is 0 Å². The van der Waals surface area contributed by atoms with Gasteiger partial charge >= 0.3 is 0 Å². The van der Waals surface area contributed by atoms with Crippen LogP contribution in [0.15, 0.2) is 39.3 Å². The maximum Gasteiger partial charge on any atom is 0.263 e. The minimum atomic E-state index is 0.356. The molecule has 2 N–H and O–H groups in total. The van der Waals surface area contributed by atoms with Crippen molar-refractivity contribution in [3.8, 4) is 23.0 Å². The summed E-state index contributed by atoms with van der Waals surface area (Å²) in [6, 6.07) is 9.60. The van der Waals surface area contributed by atoms with Crippen LogP contribution in [0.3, 0.4) is 0 Å². The Morgan fingerprint density at radius 2 is 2.10 bits per heavy atom. The number of hydrogen-bond donors (Lipinski definition) is 1. The number of anilines is 1. The second kappa shape index (κ2) is 4.42. The van der Waals surface area contributed by atoms with E-state index in [1.165, 1.54) is 11.5 Å². The van der Waals surface area contributed by atoms with Crippen LogP contribution < -0.4 is 5.73 Å². The number of fused-ring (bicyclic) bond motifs is 1. The second-order valence-corrected chi connectivity index (χ2v) is 5.38. The van der Waals surface area contributed by atoms with Gasteiger partial charge in [0, 0.05) is 5.39 Å². The molecule has 0 radical (unpaired) electrons. The molecule has 0 aliphatic rings. The molecule has 7 heteroatoms. The van der Waals surface area contributed by atoms with Crippen molar-refractivity contribution in [1.29, 1.82) is 0 Å². The molecule has 0 spiro atoms. The summed E-state index contributed by atoms with van der Waals surface area (Å²) in [5, 5.41) is 5.52. The zero-order valence-electron chi connectivity index (χ0n) is 11.0. The normalized spacial score (nSPS) is 11.3. The molecule has 0 fully saturated rings. The lowest BCUT2D eigenvalue weighted by Gasteiger charge is -1.91. The number of aryl methyl sites for hydroxylation is 1. The molecule has 0 amide bonds. The zero-order chi connectivity index (χ0) is 14.4. The van der Waals surface area contributed by atoms with Gasteiger partial charge in [-0.3, -0.25) is 0 Å². The van der Waals surface area contributed by atoms with E-state index in [1.54, 1.807) is 0 Å². The van der Waals surface area contributed by atoms with Crippen molar-refractivity contribution in [2.45, 2.75) is 6.92 Å². The number of nitrogens with two attached hydrogens (primary N) is 1. The Kier molecular flexibility index (Phi) is 2.55. The summed E-state index contributed by atoms with van der Waals surface area (Å²) in [7, 11) is 0. The Bertz CT molecular complexity index is 885. The predicted molar refractivity (Wildman–Crippen MR) is 79.8 cm³/mol. The van der Waals surface area contributed by atoms with Crippen molar-refractivity contribution in [1.82, 2.24) is 14.5 Å². The monoisotopic (exact) mass is 298 g/mol. The molecule has 104 valence electrons. The van der Waals surface area contributed by atoms with Crippen molar-refractivity contribution in [3.05, 3.63) is 36.0 Å². The molecule has 4 aromatic rings. The molecule has 4 rings (SSSR count).